The molecule has 0 fully saturated rings. The Morgan fingerprint density at radius 3 is 3.12 bits per heavy atom. The molecule has 0 saturated carbocycles. The van der Waals surface area contributed by atoms with Crippen LogP contribution < -0.4 is 5.32 Å². The Bertz CT molecular complexity index is 145. The fourth-order valence-corrected chi connectivity index (χ4v) is 1.16. The lowest BCUT2D eigenvalue weighted by Crippen LogP contribution is -2.13. The molecule has 2 nitrogen and oxygen atoms in total. The summed E-state index contributed by atoms with van der Waals surface area (Å²) in [5, 5.41) is 11.3. The molecule has 0 unspecified atom stereocenters. The van der Waals surface area contributed by atoms with Gasteiger partial charge < -0.3 is 5.32 Å². The van der Waals surface area contributed by atoms with Crippen molar-refractivity contribution < 1.29 is 0 Å². The van der Waals surface area contributed by atoms with E-state index < -0.39 is 0 Å². The van der Waals surface area contributed by atoms with E-state index in [4.69, 9.17) is 5.26 Å². The van der Waals surface area contributed by atoms with Gasteiger partial charge >= 0.3 is 0 Å². The summed E-state index contributed by atoms with van der Waals surface area (Å²) >= 11 is 1.60. The molecule has 0 amide bonds. The van der Waals surface area contributed by atoms with Gasteiger partial charge in [-0.25, -0.2) is 0 Å². The second kappa shape index (κ2) is 2.63. The number of nitrogens with zero attached hydrogens (tertiary/aromatic N) is 1. The molecule has 0 aliphatic carbocycles. The Morgan fingerprint density at radius 2 is 2.75 bits per heavy atom. The second-order valence-electron chi connectivity index (χ2n) is 1.42. The average Bonchev–Trinajstić information content (AvgIpc) is 1.90. The van der Waals surface area contributed by atoms with Crippen molar-refractivity contribution in [2.45, 2.75) is 0 Å². The monoisotopic (exact) mass is 126 g/mol. The van der Waals surface area contributed by atoms with Crippen LogP contribution in [0, 0.1) is 11.3 Å². The molecule has 42 valence electrons. The van der Waals surface area contributed by atoms with Crippen LogP contribution in [0.15, 0.2) is 11.1 Å². The van der Waals surface area contributed by atoms with E-state index in [-0.39, 0.29) is 0 Å². The summed E-state index contributed by atoms with van der Waals surface area (Å²) in [6.07, 6.45) is 1.76. The lowest BCUT2D eigenvalue weighted by molar-refractivity contribution is 0.919. The van der Waals surface area contributed by atoms with Crippen LogP contribution in [0.3, 0.4) is 0 Å². The number of allylic oxidation sites excluding steroid dienone is 1. The van der Waals surface area contributed by atoms with E-state index in [1.165, 1.54) is 0 Å². The molecule has 3 heteroatoms. The van der Waals surface area contributed by atoms with Gasteiger partial charge in [-0.2, -0.15) is 5.26 Å². The molecule has 0 aromatic heterocycles. The van der Waals surface area contributed by atoms with E-state index in [2.05, 4.69) is 11.4 Å². The topological polar surface area (TPSA) is 35.8 Å². The minimum atomic E-state index is 0.788. The largest absolute Gasteiger partial charge is 0.389 e. The summed E-state index contributed by atoms with van der Waals surface area (Å²) in [5.41, 5.74) is 0. The van der Waals surface area contributed by atoms with Gasteiger partial charge in [0.1, 0.15) is 11.0 Å². The van der Waals surface area contributed by atoms with Gasteiger partial charge in [0.25, 0.3) is 0 Å². The first-order chi connectivity index (χ1) is 3.93. The van der Waals surface area contributed by atoms with Gasteiger partial charge in [0.15, 0.2) is 0 Å². The standard InChI is InChI=1S/C5H6N2S/c6-3-5-4-7-1-2-8-5/h4,7H,1-2H2. The molecule has 1 heterocycles. The third-order valence-electron chi connectivity index (χ3n) is 0.847. The van der Waals surface area contributed by atoms with Gasteiger partial charge in [0.05, 0.1) is 0 Å². The SMILES string of the molecule is N#CC1=CNCCS1. The predicted octanol–water partition coefficient (Wildman–Crippen LogP) is 0.688. The van der Waals surface area contributed by atoms with Crippen molar-refractivity contribution in [1.82, 2.24) is 5.32 Å². The molecule has 0 atom stereocenters. The molecule has 0 bridgehead atoms. The van der Waals surface area contributed by atoms with Crippen LogP contribution in [0.25, 0.3) is 0 Å². The smallest absolute Gasteiger partial charge is 0.108 e. The number of nitriles is 1. The molecule has 1 N–H and O–H groups in total. The Morgan fingerprint density at radius 1 is 1.88 bits per heavy atom. The molecule has 0 radical (unpaired) electrons. The first-order valence-electron chi connectivity index (χ1n) is 2.40. The van der Waals surface area contributed by atoms with Crippen molar-refractivity contribution in [2.24, 2.45) is 0 Å². The minimum absolute atomic E-state index is 0.788. The van der Waals surface area contributed by atoms with Gasteiger partial charge in [0.2, 0.25) is 0 Å². The summed E-state index contributed by atoms with van der Waals surface area (Å²) in [7, 11) is 0. The van der Waals surface area contributed by atoms with Gasteiger partial charge in [-0.05, 0) is 0 Å². The summed E-state index contributed by atoms with van der Waals surface area (Å²) in [4.78, 5) is 0.788. The normalized spacial score (nSPS) is 18.1. The molecule has 8 heavy (non-hydrogen) atoms. The quantitative estimate of drug-likeness (QED) is 0.518. The van der Waals surface area contributed by atoms with E-state index in [0.717, 1.165) is 17.2 Å². The van der Waals surface area contributed by atoms with E-state index in [9.17, 15) is 0 Å². The highest BCUT2D eigenvalue weighted by atomic mass is 32.2. The molecule has 1 aliphatic rings. The lowest BCUT2D eigenvalue weighted by Gasteiger charge is -2.06. The maximum absolute atomic E-state index is 8.31. The van der Waals surface area contributed by atoms with Crippen LogP contribution in [-0.2, 0) is 0 Å². The Labute approximate surface area is 52.6 Å². The third-order valence-corrected chi connectivity index (χ3v) is 1.78. The van der Waals surface area contributed by atoms with Crippen molar-refractivity contribution in [3.8, 4) is 6.07 Å². The summed E-state index contributed by atoms with van der Waals surface area (Å²) in [6, 6.07) is 2.07. The summed E-state index contributed by atoms with van der Waals surface area (Å²) in [6.45, 7) is 0.982. The van der Waals surface area contributed by atoms with Crippen molar-refractivity contribution in [2.75, 3.05) is 12.3 Å². The zero-order chi connectivity index (χ0) is 5.82. The number of thioether (sulfide) groups is 1. The lowest BCUT2D eigenvalue weighted by atomic mass is 10.6. The van der Waals surface area contributed by atoms with Crippen molar-refractivity contribution in [3.63, 3.8) is 0 Å². The first-order valence-corrected chi connectivity index (χ1v) is 3.38. The van der Waals surface area contributed by atoms with E-state index in [1.54, 1.807) is 18.0 Å². The highest BCUT2D eigenvalue weighted by molar-refractivity contribution is 8.03. The zero-order valence-electron chi connectivity index (χ0n) is 4.35. The van der Waals surface area contributed by atoms with Crippen LogP contribution in [0.1, 0.15) is 0 Å². The molecule has 0 aromatic carbocycles. The highest BCUT2D eigenvalue weighted by Gasteiger charge is 1.99. The molecule has 0 saturated heterocycles. The van der Waals surface area contributed by atoms with Gasteiger partial charge in [-0.15, -0.1) is 11.8 Å². The van der Waals surface area contributed by atoms with E-state index in [1.807, 2.05) is 0 Å². The van der Waals surface area contributed by atoms with Gasteiger partial charge in [0, 0.05) is 18.5 Å². The van der Waals surface area contributed by atoms with E-state index >= 15 is 0 Å². The molecular formula is C5H6N2S. The number of hydrogen-bond donors (Lipinski definition) is 1. The van der Waals surface area contributed by atoms with Crippen molar-refractivity contribution in [1.29, 1.82) is 5.26 Å². The molecule has 1 aliphatic heterocycles. The van der Waals surface area contributed by atoms with Crippen LogP contribution >= 0.6 is 11.8 Å². The maximum atomic E-state index is 8.31. The van der Waals surface area contributed by atoms with Crippen LogP contribution in [-0.4, -0.2) is 12.3 Å². The van der Waals surface area contributed by atoms with Gasteiger partial charge in [-0.1, -0.05) is 0 Å². The first kappa shape index (κ1) is 5.52. The Hall–Kier alpha value is -0.620. The fraction of sp³-hybridized carbons (Fsp3) is 0.400. The maximum Gasteiger partial charge on any atom is 0.108 e. The average molecular weight is 126 g/mol. The van der Waals surface area contributed by atoms with Crippen LogP contribution in [0.2, 0.25) is 0 Å². The van der Waals surface area contributed by atoms with Crippen LogP contribution in [0.5, 0.6) is 0 Å². The zero-order valence-corrected chi connectivity index (χ0v) is 5.16. The third kappa shape index (κ3) is 1.17. The Kier molecular flexibility index (Phi) is 1.81. The van der Waals surface area contributed by atoms with Gasteiger partial charge in [-0.3, -0.25) is 0 Å². The molecule has 0 aromatic rings. The minimum Gasteiger partial charge on any atom is -0.389 e. The van der Waals surface area contributed by atoms with Crippen LogP contribution in [0.4, 0.5) is 0 Å². The second-order valence-corrected chi connectivity index (χ2v) is 2.56. The van der Waals surface area contributed by atoms with Crippen molar-refractivity contribution >= 4 is 11.8 Å². The number of rotatable bonds is 0. The Balaban J connectivity index is 2.53. The predicted molar refractivity (Wildman–Crippen MR) is 34.2 cm³/mol. The van der Waals surface area contributed by atoms with E-state index in [0.29, 0.717) is 0 Å². The number of nitrogens with one attached hydrogen (secondary N) is 1. The molecule has 0 spiro atoms. The summed E-state index contributed by atoms with van der Waals surface area (Å²) < 4.78 is 0. The fourth-order valence-electron chi connectivity index (χ4n) is 0.491. The highest BCUT2D eigenvalue weighted by Crippen LogP contribution is 2.14. The van der Waals surface area contributed by atoms with Crippen molar-refractivity contribution in [3.05, 3.63) is 11.1 Å². The number of hydrogen-bond acceptors (Lipinski definition) is 3. The molecular weight excluding hydrogens is 120 g/mol. The summed E-state index contributed by atoms with van der Waals surface area (Å²) in [5.74, 6) is 1.01. The molecule has 1 rings (SSSR count).